The van der Waals surface area contributed by atoms with Crippen LogP contribution in [0.25, 0.3) is 5.13 Å². The molecule has 3 aromatic rings. The van der Waals surface area contributed by atoms with Gasteiger partial charge in [0.2, 0.25) is 11.8 Å². The molecule has 0 aliphatic carbocycles. The quantitative estimate of drug-likeness (QED) is 0.670. The lowest BCUT2D eigenvalue weighted by Crippen LogP contribution is -2.30. The number of ether oxygens (including phenoxy) is 2. The minimum Gasteiger partial charge on any atom is -0.480 e. The van der Waals surface area contributed by atoms with Crippen LogP contribution in [0.5, 0.6) is 11.8 Å². The van der Waals surface area contributed by atoms with Crippen LogP contribution in [0.2, 0.25) is 0 Å². The van der Waals surface area contributed by atoms with Gasteiger partial charge in [-0.2, -0.15) is 4.98 Å². The van der Waals surface area contributed by atoms with Crippen LogP contribution in [0.4, 0.5) is 0 Å². The summed E-state index contributed by atoms with van der Waals surface area (Å²) in [6, 6.07) is 3.87. The van der Waals surface area contributed by atoms with Crippen molar-refractivity contribution in [1.29, 1.82) is 0 Å². The molecule has 1 aliphatic heterocycles. The maximum absolute atomic E-state index is 12.9. The Hall–Kier alpha value is -2.94. The Morgan fingerprint density at radius 3 is 2.78 bits per heavy atom. The second-order valence-electron chi connectivity index (χ2n) is 6.18. The van der Waals surface area contributed by atoms with Gasteiger partial charge in [-0.1, -0.05) is 11.3 Å². The molecule has 1 unspecified atom stereocenters. The summed E-state index contributed by atoms with van der Waals surface area (Å²) in [7, 11) is 1.53. The van der Waals surface area contributed by atoms with Crippen molar-refractivity contribution in [2.45, 2.75) is 19.4 Å². The number of carbonyl (C=O) groups excluding carboxylic acids is 1. The Morgan fingerprint density at radius 1 is 1.22 bits per heavy atom. The average Bonchev–Trinajstić information content (AvgIpc) is 3.42. The van der Waals surface area contributed by atoms with Crippen molar-refractivity contribution in [2.75, 3.05) is 20.2 Å². The predicted molar refractivity (Wildman–Crippen MR) is 99.7 cm³/mol. The molecule has 0 aromatic carbocycles. The second-order valence-corrected chi connectivity index (χ2v) is 7.16. The Morgan fingerprint density at radius 2 is 2.00 bits per heavy atom. The summed E-state index contributed by atoms with van der Waals surface area (Å²) in [6.07, 6.45) is 7.53. The molecule has 1 atom stereocenters. The molecular weight excluding hydrogens is 366 g/mol. The molecular formula is C18H19N5O3S. The van der Waals surface area contributed by atoms with Gasteiger partial charge in [-0.3, -0.25) is 9.78 Å². The van der Waals surface area contributed by atoms with Crippen LogP contribution in [0, 0.1) is 6.92 Å². The van der Waals surface area contributed by atoms with Crippen LogP contribution in [-0.4, -0.2) is 56.6 Å². The molecule has 1 fully saturated rings. The second kappa shape index (κ2) is 7.36. The third-order valence-corrected chi connectivity index (χ3v) is 5.48. The van der Waals surface area contributed by atoms with Crippen LogP contribution in [0.3, 0.4) is 0 Å². The van der Waals surface area contributed by atoms with E-state index in [0.717, 1.165) is 17.2 Å². The van der Waals surface area contributed by atoms with E-state index in [1.165, 1.54) is 24.6 Å². The number of rotatable bonds is 5. The number of hydrogen-bond donors (Lipinski definition) is 0. The van der Waals surface area contributed by atoms with Gasteiger partial charge in [0, 0.05) is 25.4 Å². The molecule has 0 spiro atoms. The molecule has 4 rings (SSSR count). The first-order valence-electron chi connectivity index (χ1n) is 8.57. The van der Waals surface area contributed by atoms with E-state index < -0.39 is 0 Å². The molecule has 27 heavy (non-hydrogen) atoms. The minimum absolute atomic E-state index is 0.00812. The third kappa shape index (κ3) is 3.63. The molecule has 1 aliphatic rings. The predicted octanol–water partition coefficient (Wildman–Crippen LogP) is 2.33. The van der Waals surface area contributed by atoms with E-state index in [4.69, 9.17) is 9.47 Å². The number of carbonyl (C=O) groups is 1. The fraction of sp³-hybridized carbons (Fsp3) is 0.333. The molecule has 0 bridgehead atoms. The van der Waals surface area contributed by atoms with Gasteiger partial charge in [0.15, 0.2) is 5.13 Å². The molecule has 1 saturated heterocycles. The fourth-order valence-corrected chi connectivity index (χ4v) is 3.96. The molecule has 3 aromatic heterocycles. The Bertz CT molecular complexity index is 940. The van der Waals surface area contributed by atoms with Crippen LogP contribution in [0.1, 0.15) is 21.8 Å². The number of thiazole rings is 1. The molecule has 140 valence electrons. The van der Waals surface area contributed by atoms with Crippen molar-refractivity contribution in [3.05, 3.63) is 47.5 Å². The highest BCUT2D eigenvalue weighted by molar-refractivity contribution is 7.16. The smallest absolute Gasteiger partial charge is 0.266 e. The number of aryl methyl sites for hydroxylation is 1. The largest absolute Gasteiger partial charge is 0.480 e. The van der Waals surface area contributed by atoms with E-state index in [1.807, 2.05) is 36.0 Å². The first kappa shape index (κ1) is 17.5. The molecule has 0 N–H and O–H groups in total. The van der Waals surface area contributed by atoms with Crippen molar-refractivity contribution in [3.8, 4) is 16.9 Å². The summed E-state index contributed by atoms with van der Waals surface area (Å²) in [5.41, 5.74) is 0.747. The van der Waals surface area contributed by atoms with Gasteiger partial charge in [-0.15, -0.1) is 0 Å². The monoisotopic (exact) mass is 385 g/mol. The zero-order valence-corrected chi connectivity index (χ0v) is 15.8. The van der Waals surface area contributed by atoms with Gasteiger partial charge >= 0.3 is 0 Å². The SMILES string of the molecule is COc1cncc(OC2CCN(C(=O)c3sc(-n4cccc4)nc3C)C2)n1. The van der Waals surface area contributed by atoms with Crippen molar-refractivity contribution in [1.82, 2.24) is 24.4 Å². The molecule has 1 amide bonds. The highest BCUT2D eigenvalue weighted by Crippen LogP contribution is 2.26. The maximum Gasteiger partial charge on any atom is 0.266 e. The maximum atomic E-state index is 12.9. The fourth-order valence-electron chi connectivity index (χ4n) is 2.96. The van der Waals surface area contributed by atoms with Gasteiger partial charge in [0.05, 0.1) is 31.7 Å². The van der Waals surface area contributed by atoms with Gasteiger partial charge in [-0.25, -0.2) is 4.98 Å². The number of likely N-dealkylation sites (tertiary alicyclic amines) is 1. The molecule has 4 heterocycles. The standard InChI is InChI=1S/C18H19N5O3S/c1-12-16(27-18(20-12)22-6-3-4-7-22)17(24)23-8-5-13(11-23)26-15-10-19-9-14(21-15)25-2/h3-4,6-7,9-10,13H,5,8,11H2,1-2H3. The summed E-state index contributed by atoms with van der Waals surface area (Å²) >= 11 is 1.40. The van der Waals surface area contributed by atoms with Crippen LogP contribution < -0.4 is 9.47 Å². The van der Waals surface area contributed by atoms with E-state index in [1.54, 1.807) is 11.1 Å². The summed E-state index contributed by atoms with van der Waals surface area (Å²) < 4.78 is 12.8. The zero-order valence-electron chi connectivity index (χ0n) is 15.0. The number of nitrogens with zero attached hydrogens (tertiary/aromatic N) is 5. The van der Waals surface area contributed by atoms with Crippen LogP contribution in [-0.2, 0) is 0 Å². The number of aromatic nitrogens is 4. The average molecular weight is 385 g/mol. The minimum atomic E-state index is -0.118. The van der Waals surface area contributed by atoms with E-state index >= 15 is 0 Å². The van der Waals surface area contributed by atoms with Gasteiger partial charge in [0.1, 0.15) is 11.0 Å². The lowest BCUT2D eigenvalue weighted by Gasteiger charge is -2.16. The third-order valence-electron chi connectivity index (χ3n) is 4.32. The van der Waals surface area contributed by atoms with Crippen LogP contribution >= 0.6 is 11.3 Å². The Labute approximate surface area is 160 Å². The highest BCUT2D eigenvalue weighted by Gasteiger charge is 2.31. The number of methoxy groups -OCH3 is 1. The van der Waals surface area contributed by atoms with Gasteiger partial charge in [-0.05, 0) is 19.1 Å². The van der Waals surface area contributed by atoms with E-state index in [-0.39, 0.29) is 12.0 Å². The number of amides is 1. The van der Waals surface area contributed by atoms with E-state index in [2.05, 4.69) is 15.0 Å². The summed E-state index contributed by atoms with van der Waals surface area (Å²) in [5.74, 6) is 0.792. The van der Waals surface area contributed by atoms with Crippen LogP contribution in [0.15, 0.2) is 36.9 Å². The summed E-state index contributed by atoms with van der Waals surface area (Å²) in [5, 5.41) is 0.791. The first-order valence-corrected chi connectivity index (χ1v) is 9.38. The summed E-state index contributed by atoms with van der Waals surface area (Å²) in [6.45, 7) is 3.01. The Kier molecular flexibility index (Phi) is 4.76. The number of hydrogen-bond acceptors (Lipinski definition) is 7. The molecule has 0 saturated carbocycles. The van der Waals surface area contributed by atoms with Crippen molar-refractivity contribution >= 4 is 17.2 Å². The molecule has 8 nitrogen and oxygen atoms in total. The topological polar surface area (TPSA) is 82.4 Å². The van der Waals surface area contributed by atoms with Gasteiger partial charge < -0.3 is 18.9 Å². The van der Waals surface area contributed by atoms with Crippen molar-refractivity contribution in [2.24, 2.45) is 0 Å². The lowest BCUT2D eigenvalue weighted by molar-refractivity contribution is 0.0774. The lowest BCUT2D eigenvalue weighted by atomic mass is 10.3. The first-order chi connectivity index (χ1) is 13.1. The normalized spacial score (nSPS) is 16.5. The van der Waals surface area contributed by atoms with Crippen molar-refractivity contribution in [3.63, 3.8) is 0 Å². The molecule has 9 heteroatoms. The summed E-state index contributed by atoms with van der Waals surface area (Å²) in [4.78, 5) is 28.2. The van der Waals surface area contributed by atoms with Gasteiger partial charge in [0.25, 0.3) is 5.91 Å². The highest BCUT2D eigenvalue weighted by atomic mass is 32.1. The molecule has 0 radical (unpaired) electrons. The van der Waals surface area contributed by atoms with E-state index in [0.29, 0.717) is 29.7 Å². The van der Waals surface area contributed by atoms with E-state index in [9.17, 15) is 4.79 Å². The van der Waals surface area contributed by atoms with Crippen molar-refractivity contribution < 1.29 is 14.3 Å². The Balaban J connectivity index is 1.43. The zero-order chi connectivity index (χ0) is 18.8.